The van der Waals surface area contributed by atoms with Crippen LogP contribution < -0.4 is 4.74 Å². The van der Waals surface area contributed by atoms with Gasteiger partial charge in [-0.1, -0.05) is 31.0 Å². The zero-order chi connectivity index (χ0) is 16.1. The minimum atomic E-state index is -0.732. The van der Waals surface area contributed by atoms with Gasteiger partial charge in [0.05, 0.1) is 18.6 Å². The molecule has 126 valence electrons. The fourth-order valence-electron chi connectivity index (χ4n) is 3.68. The summed E-state index contributed by atoms with van der Waals surface area (Å²) in [5, 5.41) is 10.4. The highest BCUT2D eigenvalue weighted by Gasteiger charge is 2.35. The highest BCUT2D eigenvalue weighted by molar-refractivity contribution is 5.77. The molecule has 1 aliphatic heterocycles. The van der Waals surface area contributed by atoms with E-state index in [-0.39, 0.29) is 5.91 Å². The number of amides is 1. The number of para-hydroxylation sites is 1. The first-order valence-electron chi connectivity index (χ1n) is 8.83. The van der Waals surface area contributed by atoms with Crippen molar-refractivity contribution in [2.75, 3.05) is 19.7 Å². The molecule has 3 rings (SSSR count). The number of carbonyl (C=O) groups excluding carboxylic acids is 1. The number of benzene rings is 1. The van der Waals surface area contributed by atoms with Crippen molar-refractivity contribution in [3.8, 4) is 5.75 Å². The van der Waals surface area contributed by atoms with Crippen LogP contribution in [0.1, 0.15) is 44.9 Å². The predicted molar refractivity (Wildman–Crippen MR) is 89.3 cm³/mol. The van der Waals surface area contributed by atoms with E-state index < -0.39 is 5.60 Å². The smallest absolute Gasteiger partial charge is 0.225 e. The lowest BCUT2D eigenvalue weighted by Crippen LogP contribution is -2.43. The number of hydrogen-bond acceptors (Lipinski definition) is 3. The van der Waals surface area contributed by atoms with E-state index in [1.165, 1.54) is 0 Å². The van der Waals surface area contributed by atoms with E-state index in [1.807, 2.05) is 35.2 Å². The Bertz CT molecular complexity index is 503. The van der Waals surface area contributed by atoms with Crippen molar-refractivity contribution < 1.29 is 14.6 Å². The molecule has 1 aromatic rings. The zero-order valence-corrected chi connectivity index (χ0v) is 13.7. The van der Waals surface area contributed by atoms with E-state index in [1.54, 1.807) is 0 Å². The number of rotatable bonds is 5. The maximum absolute atomic E-state index is 12.4. The monoisotopic (exact) mass is 317 g/mol. The van der Waals surface area contributed by atoms with Crippen LogP contribution in [0.4, 0.5) is 0 Å². The SMILES string of the molecule is O=C(CC1(O)CCCC1)N1CCC(COc2ccccc2)CC1. The average Bonchev–Trinajstić information content (AvgIpc) is 3.00. The van der Waals surface area contributed by atoms with E-state index in [4.69, 9.17) is 4.74 Å². The van der Waals surface area contributed by atoms with Gasteiger partial charge in [-0.2, -0.15) is 0 Å². The standard InChI is InChI=1S/C19H27NO3/c21-18(14-19(22)10-4-5-11-19)20-12-8-16(9-13-20)15-23-17-6-2-1-3-7-17/h1-3,6-7,16,22H,4-5,8-15H2. The summed E-state index contributed by atoms with van der Waals surface area (Å²) in [7, 11) is 0. The Morgan fingerprint density at radius 2 is 1.83 bits per heavy atom. The molecule has 1 amide bonds. The third-order valence-electron chi connectivity index (χ3n) is 5.21. The Morgan fingerprint density at radius 3 is 2.48 bits per heavy atom. The summed E-state index contributed by atoms with van der Waals surface area (Å²) in [6.07, 6.45) is 5.91. The van der Waals surface area contributed by atoms with Gasteiger partial charge < -0.3 is 14.7 Å². The topological polar surface area (TPSA) is 49.8 Å². The molecule has 1 aliphatic carbocycles. The van der Waals surface area contributed by atoms with Crippen LogP contribution in [0.25, 0.3) is 0 Å². The Kier molecular flexibility index (Phi) is 5.21. The molecule has 2 aliphatic rings. The normalized spacial score (nSPS) is 21.3. The van der Waals surface area contributed by atoms with Crippen molar-refractivity contribution in [3.63, 3.8) is 0 Å². The van der Waals surface area contributed by atoms with Gasteiger partial charge in [0.15, 0.2) is 0 Å². The maximum atomic E-state index is 12.4. The molecule has 0 atom stereocenters. The molecule has 1 aromatic carbocycles. The van der Waals surface area contributed by atoms with Crippen molar-refractivity contribution in [2.24, 2.45) is 5.92 Å². The summed E-state index contributed by atoms with van der Waals surface area (Å²) in [4.78, 5) is 14.3. The maximum Gasteiger partial charge on any atom is 0.225 e. The van der Waals surface area contributed by atoms with Gasteiger partial charge in [-0.25, -0.2) is 0 Å². The van der Waals surface area contributed by atoms with E-state index in [9.17, 15) is 9.90 Å². The third kappa shape index (κ3) is 4.47. The van der Waals surface area contributed by atoms with Gasteiger partial charge in [-0.05, 0) is 43.7 Å². The zero-order valence-electron chi connectivity index (χ0n) is 13.7. The fraction of sp³-hybridized carbons (Fsp3) is 0.632. The van der Waals surface area contributed by atoms with E-state index in [2.05, 4.69) is 0 Å². The van der Waals surface area contributed by atoms with Gasteiger partial charge >= 0.3 is 0 Å². The second-order valence-electron chi connectivity index (χ2n) is 7.06. The van der Waals surface area contributed by atoms with E-state index in [0.29, 0.717) is 12.3 Å². The van der Waals surface area contributed by atoms with Crippen LogP contribution in [0.3, 0.4) is 0 Å². The van der Waals surface area contributed by atoms with Crippen LogP contribution in [0.15, 0.2) is 30.3 Å². The first-order chi connectivity index (χ1) is 11.1. The molecular weight excluding hydrogens is 290 g/mol. The molecule has 1 heterocycles. The van der Waals surface area contributed by atoms with Gasteiger partial charge in [-0.3, -0.25) is 4.79 Å². The minimum Gasteiger partial charge on any atom is -0.493 e. The highest BCUT2D eigenvalue weighted by atomic mass is 16.5. The molecule has 0 aromatic heterocycles. The van der Waals surface area contributed by atoms with Gasteiger partial charge in [0.25, 0.3) is 0 Å². The number of nitrogens with zero attached hydrogens (tertiary/aromatic N) is 1. The Balaban J connectivity index is 1.40. The number of carbonyl (C=O) groups is 1. The summed E-state index contributed by atoms with van der Waals surface area (Å²) in [6.45, 7) is 2.30. The van der Waals surface area contributed by atoms with Crippen LogP contribution in [0.2, 0.25) is 0 Å². The van der Waals surface area contributed by atoms with Crippen LogP contribution in [0, 0.1) is 5.92 Å². The minimum absolute atomic E-state index is 0.122. The van der Waals surface area contributed by atoms with Crippen molar-refractivity contribution in [2.45, 2.75) is 50.5 Å². The van der Waals surface area contributed by atoms with Gasteiger partial charge in [0.2, 0.25) is 5.91 Å². The van der Waals surface area contributed by atoms with Gasteiger partial charge in [0.1, 0.15) is 5.75 Å². The lowest BCUT2D eigenvalue weighted by Gasteiger charge is -2.34. The summed E-state index contributed by atoms with van der Waals surface area (Å²) in [5.41, 5.74) is -0.732. The fourth-order valence-corrected chi connectivity index (χ4v) is 3.68. The van der Waals surface area contributed by atoms with Gasteiger partial charge in [0, 0.05) is 13.1 Å². The number of likely N-dealkylation sites (tertiary alicyclic amines) is 1. The van der Waals surface area contributed by atoms with E-state index >= 15 is 0 Å². The first-order valence-corrected chi connectivity index (χ1v) is 8.83. The number of aliphatic hydroxyl groups is 1. The molecule has 0 radical (unpaired) electrons. The first kappa shape index (κ1) is 16.3. The molecule has 4 nitrogen and oxygen atoms in total. The van der Waals surface area contributed by atoms with Crippen LogP contribution in [-0.2, 0) is 4.79 Å². The predicted octanol–water partition coefficient (Wildman–Crippen LogP) is 3.00. The number of hydrogen-bond donors (Lipinski definition) is 1. The number of ether oxygens (including phenoxy) is 1. The largest absolute Gasteiger partial charge is 0.493 e. The second-order valence-corrected chi connectivity index (χ2v) is 7.06. The summed E-state index contributed by atoms with van der Waals surface area (Å²) >= 11 is 0. The number of piperidine rings is 1. The van der Waals surface area contributed by atoms with Crippen molar-refractivity contribution in [1.82, 2.24) is 4.90 Å². The van der Waals surface area contributed by atoms with Crippen molar-refractivity contribution in [3.05, 3.63) is 30.3 Å². The molecular formula is C19H27NO3. The lowest BCUT2D eigenvalue weighted by atomic mass is 9.94. The molecule has 0 unspecified atom stereocenters. The lowest BCUT2D eigenvalue weighted by molar-refractivity contribution is -0.137. The van der Waals surface area contributed by atoms with Crippen molar-refractivity contribution in [1.29, 1.82) is 0 Å². The molecule has 1 saturated heterocycles. The summed E-state index contributed by atoms with van der Waals surface area (Å²) in [6, 6.07) is 9.88. The quantitative estimate of drug-likeness (QED) is 0.908. The molecule has 1 N–H and O–H groups in total. The Labute approximate surface area is 138 Å². The molecule has 4 heteroatoms. The molecule has 0 spiro atoms. The van der Waals surface area contributed by atoms with Crippen LogP contribution >= 0.6 is 0 Å². The average molecular weight is 317 g/mol. The van der Waals surface area contributed by atoms with Crippen molar-refractivity contribution >= 4 is 5.91 Å². The second kappa shape index (κ2) is 7.35. The molecule has 23 heavy (non-hydrogen) atoms. The van der Waals surface area contributed by atoms with E-state index in [0.717, 1.165) is 64.0 Å². The molecule has 2 fully saturated rings. The van der Waals surface area contributed by atoms with Crippen LogP contribution in [-0.4, -0.2) is 41.2 Å². The summed E-state index contributed by atoms with van der Waals surface area (Å²) < 4.78 is 5.82. The molecule has 1 saturated carbocycles. The van der Waals surface area contributed by atoms with Crippen LogP contribution in [0.5, 0.6) is 5.75 Å². The Hall–Kier alpha value is -1.55. The third-order valence-corrected chi connectivity index (χ3v) is 5.21. The molecule has 0 bridgehead atoms. The highest BCUT2D eigenvalue weighted by Crippen LogP contribution is 2.33. The summed E-state index contributed by atoms with van der Waals surface area (Å²) in [5.74, 6) is 1.54. The van der Waals surface area contributed by atoms with Gasteiger partial charge in [-0.15, -0.1) is 0 Å². The Morgan fingerprint density at radius 1 is 1.17 bits per heavy atom.